The molecule has 1 radical (unpaired) electrons. The summed E-state index contributed by atoms with van der Waals surface area (Å²) < 4.78 is 0. The number of hydrogen-bond donors (Lipinski definition) is 1. The largest absolute Gasteiger partial charge is 0.298 e. The lowest BCUT2D eigenvalue weighted by Gasteiger charge is -1.72. The summed E-state index contributed by atoms with van der Waals surface area (Å²) in [4.78, 5) is 0. The van der Waals surface area contributed by atoms with Gasteiger partial charge in [-0.15, -0.1) is 0 Å². The zero-order valence-corrected chi connectivity index (χ0v) is 2.97. The van der Waals surface area contributed by atoms with Crippen LogP contribution in [0.5, 0.6) is 0 Å². The first-order valence-corrected chi connectivity index (χ1v) is 1.24. The van der Waals surface area contributed by atoms with Gasteiger partial charge in [-0.25, -0.2) is 0 Å². The van der Waals surface area contributed by atoms with Crippen LogP contribution >= 0.6 is 0 Å². The first kappa shape index (κ1) is 4.94. The van der Waals surface area contributed by atoms with Crippen LogP contribution in [-0.2, 0) is 0 Å². The van der Waals surface area contributed by atoms with Gasteiger partial charge in [0.15, 0.2) is 0 Å². The first-order chi connectivity index (χ1) is 2.81. The zero-order chi connectivity index (χ0) is 4.99. The summed E-state index contributed by atoms with van der Waals surface area (Å²) in [5, 5.41) is 15.4. The number of nitriles is 2. The van der Waals surface area contributed by atoms with Gasteiger partial charge in [-0.3, -0.25) is 5.73 Å². The highest BCUT2D eigenvalue weighted by Gasteiger charge is 1.91. The molecule has 0 aliphatic heterocycles. The van der Waals surface area contributed by atoms with Crippen LogP contribution in [0.3, 0.4) is 0 Å². The molecule has 2 N–H and O–H groups in total. The molecular weight excluding hydrogens is 78.1 g/mol. The minimum atomic E-state index is -0.296. The highest BCUT2D eigenvalue weighted by atomic mass is 14.6. The van der Waals surface area contributed by atoms with Gasteiger partial charge in [0.1, 0.15) is 12.1 Å². The van der Waals surface area contributed by atoms with E-state index in [1.54, 1.807) is 0 Å². The van der Waals surface area contributed by atoms with E-state index in [9.17, 15) is 0 Å². The zero-order valence-electron chi connectivity index (χ0n) is 2.97. The first-order valence-electron chi connectivity index (χ1n) is 1.24. The summed E-state index contributed by atoms with van der Waals surface area (Å²) in [5.74, 6) is 0. The molecule has 0 bridgehead atoms. The highest BCUT2D eigenvalue weighted by Crippen LogP contribution is 1.74. The maximum Gasteiger partial charge on any atom is 0.236 e. The van der Waals surface area contributed by atoms with Crippen LogP contribution in [0.4, 0.5) is 0 Å². The smallest absolute Gasteiger partial charge is 0.236 e. The van der Waals surface area contributed by atoms with E-state index >= 15 is 0 Å². The summed E-state index contributed by atoms with van der Waals surface area (Å²) >= 11 is 0. The summed E-state index contributed by atoms with van der Waals surface area (Å²) in [7, 11) is 0. The Kier molecular flexibility index (Phi) is 1.81. The van der Waals surface area contributed by atoms with Gasteiger partial charge < -0.3 is 0 Å². The highest BCUT2D eigenvalue weighted by molar-refractivity contribution is 5.21. The Hall–Kier alpha value is -1.06. The SMILES string of the molecule is N#C[C](N)C#N. The van der Waals surface area contributed by atoms with E-state index in [-0.39, 0.29) is 6.04 Å². The molecule has 0 aromatic carbocycles. The Bertz CT molecular complexity index is 90.2. The Labute approximate surface area is 35.6 Å². The summed E-state index contributed by atoms with van der Waals surface area (Å²) in [5.41, 5.74) is 4.67. The van der Waals surface area contributed by atoms with Crippen molar-refractivity contribution in [2.75, 3.05) is 0 Å². The van der Waals surface area contributed by atoms with Crippen molar-refractivity contribution in [2.45, 2.75) is 0 Å². The Balaban J connectivity index is 3.40. The topological polar surface area (TPSA) is 73.6 Å². The molecule has 0 aliphatic rings. The van der Waals surface area contributed by atoms with Gasteiger partial charge in [0.05, 0.1) is 0 Å². The summed E-state index contributed by atoms with van der Waals surface area (Å²) in [6, 6.07) is 2.60. The molecular formula is C3H2N3. The van der Waals surface area contributed by atoms with Gasteiger partial charge in [0.2, 0.25) is 6.04 Å². The van der Waals surface area contributed by atoms with Crippen LogP contribution in [0, 0.1) is 28.7 Å². The molecule has 0 fully saturated rings. The predicted molar refractivity (Wildman–Crippen MR) is 18.7 cm³/mol. The Morgan fingerprint density at radius 1 is 1.33 bits per heavy atom. The molecule has 0 rings (SSSR count). The van der Waals surface area contributed by atoms with Crippen LogP contribution in [-0.4, -0.2) is 0 Å². The van der Waals surface area contributed by atoms with Crippen LogP contribution in [0.25, 0.3) is 0 Å². The molecule has 0 saturated heterocycles. The lowest BCUT2D eigenvalue weighted by Crippen LogP contribution is -2.01. The molecule has 0 spiro atoms. The third-order valence-electron chi connectivity index (χ3n) is 0.241. The minimum Gasteiger partial charge on any atom is -0.298 e. The number of nitrogens with two attached hydrogens (primary N) is 1. The van der Waals surface area contributed by atoms with Gasteiger partial charge in [0.25, 0.3) is 0 Å². The number of nitrogens with zero attached hydrogens (tertiary/aromatic N) is 2. The van der Waals surface area contributed by atoms with Crippen molar-refractivity contribution < 1.29 is 0 Å². The van der Waals surface area contributed by atoms with Crippen molar-refractivity contribution >= 4 is 0 Å². The lowest BCUT2D eigenvalue weighted by atomic mass is 10.4. The van der Waals surface area contributed by atoms with Crippen LogP contribution in [0.15, 0.2) is 0 Å². The molecule has 0 unspecified atom stereocenters. The number of rotatable bonds is 0. The second-order valence-electron chi connectivity index (χ2n) is 0.637. The monoisotopic (exact) mass is 80.0 g/mol. The van der Waals surface area contributed by atoms with Crippen LogP contribution in [0.1, 0.15) is 0 Å². The molecule has 29 valence electrons. The van der Waals surface area contributed by atoms with E-state index in [0.29, 0.717) is 0 Å². The molecule has 0 aromatic rings. The minimum absolute atomic E-state index is 0.296. The van der Waals surface area contributed by atoms with Gasteiger partial charge in [-0.1, -0.05) is 0 Å². The van der Waals surface area contributed by atoms with Crippen LogP contribution < -0.4 is 5.73 Å². The fraction of sp³-hybridized carbons (Fsp3) is 0. The van der Waals surface area contributed by atoms with E-state index in [1.807, 2.05) is 0 Å². The van der Waals surface area contributed by atoms with E-state index in [1.165, 1.54) is 12.1 Å². The maximum atomic E-state index is 7.70. The van der Waals surface area contributed by atoms with Crippen molar-refractivity contribution in [1.82, 2.24) is 0 Å². The molecule has 0 atom stereocenters. The van der Waals surface area contributed by atoms with Crippen LogP contribution in [0.2, 0.25) is 0 Å². The van der Waals surface area contributed by atoms with Crippen molar-refractivity contribution in [2.24, 2.45) is 5.73 Å². The predicted octanol–water partition coefficient (Wildman–Crippen LogP) is -0.476. The average molecular weight is 80.1 g/mol. The molecule has 0 aliphatic carbocycles. The quantitative estimate of drug-likeness (QED) is 0.427. The van der Waals surface area contributed by atoms with Crippen molar-refractivity contribution in [1.29, 1.82) is 10.5 Å². The second-order valence-corrected chi connectivity index (χ2v) is 0.637. The van der Waals surface area contributed by atoms with Gasteiger partial charge in [0, 0.05) is 0 Å². The van der Waals surface area contributed by atoms with Gasteiger partial charge in [-0.05, 0) is 0 Å². The molecule has 0 saturated carbocycles. The van der Waals surface area contributed by atoms with E-state index in [2.05, 4.69) is 5.73 Å². The second kappa shape index (κ2) is 2.19. The normalized spacial score (nSPS) is 6.67. The fourth-order valence-corrected chi connectivity index (χ4v) is 0.0250. The number of hydrogen-bond acceptors (Lipinski definition) is 3. The lowest BCUT2D eigenvalue weighted by molar-refractivity contribution is 1.24. The molecule has 0 amide bonds. The van der Waals surface area contributed by atoms with Crippen molar-refractivity contribution in [3.63, 3.8) is 0 Å². The molecule has 0 heterocycles. The Morgan fingerprint density at radius 3 is 1.67 bits per heavy atom. The average Bonchev–Trinajstić information content (AvgIpc) is 1.65. The third kappa shape index (κ3) is 1.28. The van der Waals surface area contributed by atoms with Crippen molar-refractivity contribution in [3.8, 4) is 12.1 Å². The molecule has 3 heteroatoms. The molecule has 6 heavy (non-hydrogen) atoms. The fourth-order valence-electron chi connectivity index (χ4n) is 0.0250. The molecule has 3 nitrogen and oxygen atoms in total. The third-order valence-corrected chi connectivity index (χ3v) is 0.241. The van der Waals surface area contributed by atoms with E-state index in [0.717, 1.165) is 0 Å². The van der Waals surface area contributed by atoms with Crippen molar-refractivity contribution in [3.05, 3.63) is 6.04 Å². The summed E-state index contributed by atoms with van der Waals surface area (Å²) in [6.07, 6.45) is 0. The van der Waals surface area contributed by atoms with Gasteiger partial charge in [-0.2, -0.15) is 10.5 Å². The Morgan fingerprint density at radius 2 is 1.67 bits per heavy atom. The van der Waals surface area contributed by atoms with E-state index in [4.69, 9.17) is 10.5 Å². The summed E-state index contributed by atoms with van der Waals surface area (Å²) in [6.45, 7) is 0. The van der Waals surface area contributed by atoms with E-state index < -0.39 is 0 Å². The van der Waals surface area contributed by atoms with Gasteiger partial charge >= 0.3 is 0 Å². The standard InChI is InChI=1S/C3H2N3/c4-1-3(6)2-5/h6H2. The molecule has 0 aromatic heterocycles. The maximum absolute atomic E-state index is 7.70.